The smallest absolute Gasteiger partial charge is 0.167 e. The molecule has 2 fully saturated rings. The van der Waals surface area contributed by atoms with Crippen molar-refractivity contribution in [2.75, 3.05) is 5.32 Å². The number of nitrogens with zero attached hydrogens (tertiary/aromatic N) is 4. The maximum absolute atomic E-state index is 10.6. The van der Waals surface area contributed by atoms with Gasteiger partial charge in [0.05, 0.1) is 6.33 Å². The summed E-state index contributed by atoms with van der Waals surface area (Å²) in [7, 11) is 0. The molecule has 4 atom stereocenters. The van der Waals surface area contributed by atoms with E-state index in [0.717, 1.165) is 18.4 Å². The van der Waals surface area contributed by atoms with E-state index < -0.39 is 24.5 Å². The van der Waals surface area contributed by atoms with Gasteiger partial charge in [0.1, 0.15) is 24.6 Å². The maximum atomic E-state index is 10.6. The van der Waals surface area contributed by atoms with Gasteiger partial charge in [0, 0.05) is 11.6 Å². The Morgan fingerprint density at radius 1 is 1.03 bits per heavy atom. The molecule has 1 aliphatic carbocycles. The molecule has 1 saturated heterocycles. The highest BCUT2D eigenvalue weighted by atomic mass is 16.6. The van der Waals surface area contributed by atoms with Crippen molar-refractivity contribution in [2.24, 2.45) is 0 Å². The molecule has 2 aliphatic rings. The zero-order valence-corrected chi connectivity index (χ0v) is 16.3. The Balaban J connectivity index is 1.40. The summed E-state index contributed by atoms with van der Waals surface area (Å²) in [5, 5.41) is 24.5. The van der Waals surface area contributed by atoms with Gasteiger partial charge in [-0.25, -0.2) is 15.0 Å². The number of rotatable bonds is 3. The fourth-order valence-electron chi connectivity index (χ4n) is 4.09. The lowest BCUT2D eigenvalue weighted by Crippen LogP contribution is -2.30. The van der Waals surface area contributed by atoms with Gasteiger partial charge in [-0.1, -0.05) is 42.9 Å². The lowest BCUT2D eigenvalue weighted by molar-refractivity contribution is -0.0230. The van der Waals surface area contributed by atoms with Gasteiger partial charge in [-0.05, 0) is 25.0 Å². The molecule has 2 aromatic heterocycles. The molecule has 1 saturated carbocycles. The largest absolute Gasteiger partial charge is 0.386 e. The number of benzene rings is 1. The van der Waals surface area contributed by atoms with Gasteiger partial charge in [-0.3, -0.25) is 4.57 Å². The quantitative estimate of drug-likeness (QED) is 0.571. The SMILES string of the molecule is O[C@@H]1[C@H](O)[C@@H](C#Cc2ccccc2)O[C@H]1n1cnc2c(NC3CCCC3)ncnc21. The van der Waals surface area contributed by atoms with Crippen LogP contribution in [0, 0.1) is 11.8 Å². The van der Waals surface area contributed by atoms with E-state index in [1.54, 1.807) is 10.9 Å². The second kappa shape index (κ2) is 8.03. The zero-order chi connectivity index (χ0) is 20.5. The fraction of sp³-hybridized carbons (Fsp3) is 0.409. The van der Waals surface area contributed by atoms with Gasteiger partial charge in [0.25, 0.3) is 0 Å². The van der Waals surface area contributed by atoms with Crippen molar-refractivity contribution in [3.05, 3.63) is 48.5 Å². The van der Waals surface area contributed by atoms with Crippen LogP contribution in [0.15, 0.2) is 43.0 Å². The van der Waals surface area contributed by atoms with E-state index in [1.165, 1.54) is 19.2 Å². The number of aliphatic hydroxyl groups excluding tert-OH is 2. The summed E-state index contributed by atoms with van der Waals surface area (Å²) in [6, 6.07) is 9.84. The normalized spacial score (nSPS) is 26.6. The lowest BCUT2D eigenvalue weighted by atomic mass is 10.1. The van der Waals surface area contributed by atoms with Gasteiger partial charge in [-0.2, -0.15) is 0 Å². The zero-order valence-electron chi connectivity index (χ0n) is 16.3. The molecule has 3 heterocycles. The fourth-order valence-corrected chi connectivity index (χ4v) is 4.09. The molecule has 1 aromatic carbocycles. The minimum atomic E-state index is -1.15. The molecule has 3 aromatic rings. The molecule has 154 valence electrons. The number of aliphatic hydroxyl groups is 2. The van der Waals surface area contributed by atoms with E-state index in [4.69, 9.17) is 4.74 Å². The van der Waals surface area contributed by atoms with Crippen molar-refractivity contribution in [1.82, 2.24) is 19.5 Å². The molecule has 0 bridgehead atoms. The molecule has 0 radical (unpaired) electrons. The van der Waals surface area contributed by atoms with Gasteiger partial charge < -0.3 is 20.3 Å². The van der Waals surface area contributed by atoms with Crippen LogP contribution >= 0.6 is 0 Å². The van der Waals surface area contributed by atoms with E-state index in [1.807, 2.05) is 30.3 Å². The van der Waals surface area contributed by atoms with E-state index in [2.05, 4.69) is 32.1 Å². The Hall–Kier alpha value is -2.99. The van der Waals surface area contributed by atoms with E-state index >= 15 is 0 Å². The van der Waals surface area contributed by atoms with Crippen LogP contribution in [0.3, 0.4) is 0 Å². The Morgan fingerprint density at radius 3 is 2.63 bits per heavy atom. The first-order chi connectivity index (χ1) is 14.7. The number of imidazole rings is 1. The second-order valence-corrected chi connectivity index (χ2v) is 7.74. The van der Waals surface area contributed by atoms with Crippen LogP contribution in [0.5, 0.6) is 0 Å². The second-order valence-electron chi connectivity index (χ2n) is 7.74. The Morgan fingerprint density at radius 2 is 1.83 bits per heavy atom. The number of fused-ring (bicyclic) bond motifs is 1. The first-order valence-corrected chi connectivity index (χ1v) is 10.2. The van der Waals surface area contributed by atoms with Gasteiger partial charge in [-0.15, -0.1) is 0 Å². The molecule has 30 heavy (non-hydrogen) atoms. The summed E-state index contributed by atoms with van der Waals surface area (Å²) in [6.45, 7) is 0. The predicted molar refractivity (Wildman–Crippen MR) is 110 cm³/mol. The van der Waals surface area contributed by atoms with Crippen molar-refractivity contribution >= 4 is 17.0 Å². The highest BCUT2D eigenvalue weighted by Gasteiger charge is 2.43. The molecule has 1 aliphatic heterocycles. The third kappa shape index (κ3) is 3.52. The molecule has 3 N–H and O–H groups in total. The van der Waals surface area contributed by atoms with Crippen molar-refractivity contribution in [1.29, 1.82) is 0 Å². The highest BCUT2D eigenvalue weighted by molar-refractivity contribution is 5.82. The highest BCUT2D eigenvalue weighted by Crippen LogP contribution is 2.32. The Labute approximate surface area is 174 Å². The Bertz CT molecular complexity index is 1080. The van der Waals surface area contributed by atoms with Crippen LogP contribution in [0.25, 0.3) is 11.2 Å². The first-order valence-electron chi connectivity index (χ1n) is 10.2. The molecule has 0 amide bonds. The van der Waals surface area contributed by atoms with Crippen LogP contribution in [0.2, 0.25) is 0 Å². The molecule has 5 rings (SSSR count). The topological polar surface area (TPSA) is 105 Å². The minimum Gasteiger partial charge on any atom is -0.386 e. The molecule has 0 unspecified atom stereocenters. The molecule has 8 heteroatoms. The van der Waals surface area contributed by atoms with Crippen molar-refractivity contribution < 1.29 is 14.9 Å². The summed E-state index contributed by atoms with van der Waals surface area (Å²) in [6.07, 6.45) is 3.75. The van der Waals surface area contributed by atoms with Crippen molar-refractivity contribution in [2.45, 2.75) is 56.3 Å². The minimum absolute atomic E-state index is 0.390. The van der Waals surface area contributed by atoms with E-state index in [0.29, 0.717) is 23.0 Å². The standard InChI is InChI=1S/C22H23N5O3/c28-18-16(11-10-14-6-2-1-3-7-14)30-22(19(18)29)27-13-25-17-20(23-12-24-21(17)27)26-15-8-4-5-9-15/h1-3,6-7,12-13,15-16,18-19,22,28-29H,4-5,8-9H2,(H,23,24,26)/t16-,18-,19-,22-/m1/s1. The van der Waals surface area contributed by atoms with Crippen LogP contribution in [-0.2, 0) is 4.74 Å². The summed E-state index contributed by atoms with van der Waals surface area (Å²) < 4.78 is 7.54. The van der Waals surface area contributed by atoms with E-state index in [9.17, 15) is 10.2 Å². The summed E-state index contributed by atoms with van der Waals surface area (Å²) >= 11 is 0. The van der Waals surface area contributed by atoms with Crippen LogP contribution < -0.4 is 5.32 Å². The molecule has 0 spiro atoms. The lowest BCUT2D eigenvalue weighted by Gasteiger charge is -2.16. The van der Waals surface area contributed by atoms with Crippen LogP contribution in [0.1, 0.15) is 37.5 Å². The number of aromatic nitrogens is 4. The van der Waals surface area contributed by atoms with Gasteiger partial charge in [0.2, 0.25) is 0 Å². The van der Waals surface area contributed by atoms with Crippen LogP contribution in [0.4, 0.5) is 5.82 Å². The predicted octanol–water partition coefficient (Wildman–Crippen LogP) is 1.85. The van der Waals surface area contributed by atoms with Crippen molar-refractivity contribution in [3.8, 4) is 11.8 Å². The molecule has 8 nitrogen and oxygen atoms in total. The first kappa shape index (κ1) is 19.0. The number of hydrogen-bond donors (Lipinski definition) is 3. The third-order valence-electron chi connectivity index (χ3n) is 5.70. The summed E-state index contributed by atoms with van der Waals surface area (Å²) in [5.41, 5.74) is 1.97. The molecular weight excluding hydrogens is 382 g/mol. The average Bonchev–Trinajstić information content (AvgIpc) is 3.49. The number of ether oxygens (including phenoxy) is 1. The monoisotopic (exact) mass is 405 g/mol. The van der Waals surface area contributed by atoms with Crippen molar-refractivity contribution in [3.63, 3.8) is 0 Å². The maximum Gasteiger partial charge on any atom is 0.167 e. The molecular formula is C22H23N5O3. The number of hydrogen-bond acceptors (Lipinski definition) is 7. The van der Waals surface area contributed by atoms with Gasteiger partial charge in [0.15, 0.2) is 23.2 Å². The summed E-state index contributed by atoms with van der Waals surface area (Å²) in [5.74, 6) is 6.58. The Kier molecular flexibility index (Phi) is 5.09. The number of nitrogens with one attached hydrogen (secondary N) is 1. The number of anilines is 1. The summed E-state index contributed by atoms with van der Waals surface area (Å²) in [4.78, 5) is 13.1. The third-order valence-corrected chi connectivity index (χ3v) is 5.70. The van der Waals surface area contributed by atoms with Gasteiger partial charge >= 0.3 is 0 Å². The van der Waals surface area contributed by atoms with Crippen LogP contribution in [-0.4, -0.2) is 54.1 Å². The average molecular weight is 405 g/mol. The van der Waals surface area contributed by atoms with E-state index in [-0.39, 0.29) is 0 Å².